The van der Waals surface area contributed by atoms with Crippen LogP contribution in [0.25, 0.3) is 0 Å². The molecule has 0 aliphatic carbocycles. The van der Waals surface area contributed by atoms with E-state index in [1.165, 1.54) is 23.9 Å². The summed E-state index contributed by atoms with van der Waals surface area (Å²) in [6.07, 6.45) is 0. The maximum absolute atomic E-state index is 14.4. The lowest BCUT2D eigenvalue weighted by atomic mass is 10.1. The van der Waals surface area contributed by atoms with Crippen molar-refractivity contribution in [2.24, 2.45) is 0 Å². The summed E-state index contributed by atoms with van der Waals surface area (Å²) >= 11 is 4.55. The first-order valence-corrected chi connectivity index (χ1v) is 12.5. The predicted octanol–water partition coefficient (Wildman–Crippen LogP) is 7.62. The van der Waals surface area contributed by atoms with Gasteiger partial charge in [0.25, 0.3) is 5.91 Å². The molecule has 0 spiro atoms. The first kappa shape index (κ1) is 24.7. The molecule has 2 amide bonds. The normalized spacial score (nSPS) is 11.5. The van der Waals surface area contributed by atoms with Gasteiger partial charge in [0.2, 0.25) is 5.91 Å². The molecule has 1 unspecified atom stereocenters. The van der Waals surface area contributed by atoms with Crippen molar-refractivity contribution in [2.45, 2.75) is 17.1 Å². The number of thioether (sulfide) groups is 1. The summed E-state index contributed by atoms with van der Waals surface area (Å²) in [5, 5.41) is 4.98. The summed E-state index contributed by atoms with van der Waals surface area (Å²) in [6.45, 7) is 1.93. The SMILES string of the molecule is Cc1cccc(C(=O)Nc2cccc(SC(C(=O)Nc3ccc(Br)cc3F)c3ccccc3)c2)c1. The van der Waals surface area contributed by atoms with E-state index in [2.05, 4.69) is 26.6 Å². The number of halogens is 2. The van der Waals surface area contributed by atoms with Crippen molar-refractivity contribution < 1.29 is 14.0 Å². The number of aryl methyl sites for hydroxylation is 1. The Morgan fingerprint density at radius 3 is 2.37 bits per heavy atom. The molecule has 1 atom stereocenters. The number of rotatable bonds is 7. The molecule has 7 heteroatoms. The van der Waals surface area contributed by atoms with Crippen LogP contribution in [0.1, 0.15) is 26.7 Å². The van der Waals surface area contributed by atoms with Crippen LogP contribution in [0.5, 0.6) is 0 Å². The van der Waals surface area contributed by atoms with E-state index in [0.29, 0.717) is 15.7 Å². The molecule has 2 N–H and O–H groups in total. The van der Waals surface area contributed by atoms with Crippen molar-refractivity contribution >= 4 is 50.9 Å². The van der Waals surface area contributed by atoms with Crippen molar-refractivity contribution in [3.05, 3.63) is 124 Å². The van der Waals surface area contributed by atoms with Crippen LogP contribution in [0.3, 0.4) is 0 Å². The smallest absolute Gasteiger partial charge is 0.255 e. The standard InChI is InChI=1S/C28H22BrFN2O2S/c1-18-7-5-10-20(15-18)27(33)31-22-11-6-12-23(17-22)35-26(19-8-3-2-4-9-19)28(34)32-25-14-13-21(29)16-24(25)30/h2-17,26H,1H3,(H,31,33)(H,32,34). The van der Waals surface area contributed by atoms with E-state index in [1.54, 1.807) is 18.2 Å². The first-order chi connectivity index (χ1) is 16.9. The van der Waals surface area contributed by atoms with Gasteiger partial charge in [0.15, 0.2) is 0 Å². The zero-order valence-electron chi connectivity index (χ0n) is 18.8. The Labute approximate surface area is 216 Å². The molecule has 35 heavy (non-hydrogen) atoms. The second-order valence-electron chi connectivity index (χ2n) is 7.87. The summed E-state index contributed by atoms with van der Waals surface area (Å²) in [5.74, 6) is -1.08. The Bertz CT molecular complexity index is 1360. The lowest BCUT2D eigenvalue weighted by Gasteiger charge is -2.18. The molecular weight excluding hydrogens is 527 g/mol. The van der Waals surface area contributed by atoms with Gasteiger partial charge in [0, 0.05) is 20.6 Å². The highest BCUT2D eigenvalue weighted by Crippen LogP contribution is 2.37. The second kappa shape index (κ2) is 11.3. The van der Waals surface area contributed by atoms with Gasteiger partial charge in [0.05, 0.1) is 5.69 Å². The van der Waals surface area contributed by atoms with Crippen molar-refractivity contribution in [3.63, 3.8) is 0 Å². The van der Waals surface area contributed by atoms with Gasteiger partial charge >= 0.3 is 0 Å². The monoisotopic (exact) mass is 548 g/mol. The fourth-order valence-corrected chi connectivity index (χ4v) is 4.88. The Kier molecular flexibility index (Phi) is 8.00. The number of hydrogen-bond acceptors (Lipinski definition) is 3. The molecule has 0 saturated carbocycles. The summed E-state index contributed by atoms with van der Waals surface area (Å²) in [7, 11) is 0. The topological polar surface area (TPSA) is 58.2 Å². The van der Waals surface area contributed by atoms with Gasteiger partial charge < -0.3 is 10.6 Å². The van der Waals surface area contributed by atoms with Crippen LogP contribution in [0.2, 0.25) is 0 Å². The zero-order chi connectivity index (χ0) is 24.8. The summed E-state index contributed by atoms with van der Waals surface area (Å²) in [4.78, 5) is 26.7. The van der Waals surface area contributed by atoms with Crippen LogP contribution in [0.15, 0.2) is 106 Å². The Morgan fingerprint density at radius 2 is 1.63 bits per heavy atom. The van der Waals surface area contributed by atoms with Gasteiger partial charge in [-0.25, -0.2) is 4.39 Å². The van der Waals surface area contributed by atoms with E-state index < -0.39 is 11.1 Å². The largest absolute Gasteiger partial charge is 0.322 e. The molecule has 0 aliphatic heterocycles. The number of nitrogens with one attached hydrogen (secondary N) is 2. The lowest BCUT2D eigenvalue weighted by molar-refractivity contribution is -0.115. The highest BCUT2D eigenvalue weighted by atomic mass is 79.9. The van der Waals surface area contributed by atoms with Gasteiger partial charge in [-0.15, -0.1) is 11.8 Å². The van der Waals surface area contributed by atoms with Crippen molar-refractivity contribution in [1.82, 2.24) is 0 Å². The van der Waals surface area contributed by atoms with E-state index in [4.69, 9.17) is 0 Å². The fourth-order valence-electron chi connectivity index (χ4n) is 3.46. The molecule has 0 aliphatic rings. The molecule has 0 aromatic heterocycles. The Morgan fingerprint density at radius 1 is 0.857 bits per heavy atom. The van der Waals surface area contributed by atoms with Crippen LogP contribution in [-0.2, 0) is 4.79 Å². The molecule has 176 valence electrons. The highest BCUT2D eigenvalue weighted by Gasteiger charge is 2.23. The van der Waals surface area contributed by atoms with Crippen LogP contribution in [-0.4, -0.2) is 11.8 Å². The molecule has 4 aromatic carbocycles. The minimum Gasteiger partial charge on any atom is -0.322 e. The van der Waals surface area contributed by atoms with Crippen LogP contribution >= 0.6 is 27.7 Å². The predicted molar refractivity (Wildman–Crippen MR) is 143 cm³/mol. The summed E-state index contributed by atoms with van der Waals surface area (Å²) < 4.78 is 14.9. The molecule has 4 nitrogen and oxygen atoms in total. The molecule has 0 heterocycles. The quantitative estimate of drug-likeness (QED) is 0.233. The van der Waals surface area contributed by atoms with Gasteiger partial charge in [-0.05, 0) is 61.0 Å². The van der Waals surface area contributed by atoms with Crippen molar-refractivity contribution in [1.29, 1.82) is 0 Å². The van der Waals surface area contributed by atoms with Gasteiger partial charge in [0.1, 0.15) is 11.1 Å². The molecule has 0 radical (unpaired) electrons. The maximum Gasteiger partial charge on any atom is 0.255 e. The Hall–Kier alpha value is -3.42. The third kappa shape index (κ3) is 6.59. The number of hydrogen-bond donors (Lipinski definition) is 2. The van der Waals surface area contributed by atoms with E-state index in [1.807, 2.05) is 73.7 Å². The van der Waals surface area contributed by atoms with E-state index >= 15 is 0 Å². The van der Waals surface area contributed by atoms with Gasteiger partial charge in [-0.1, -0.05) is 70.0 Å². The number of benzene rings is 4. The zero-order valence-corrected chi connectivity index (χ0v) is 21.2. The summed E-state index contributed by atoms with van der Waals surface area (Å²) in [5.41, 5.74) is 3.08. The minimum atomic E-state index is -0.637. The van der Waals surface area contributed by atoms with Crippen LogP contribution in [0, 0.1) is 12.7 Å². The number of amides is 2. The lowest BCUT2D eigenvalue weighted by Crippen LogP contribution is -2.19. The minimum absolute atomic E-state index is 0.110. The highest BCUT2D eigenvalue weighted by molar-refractivity contribution is 9.10. The molecular formula is C28H22BrFN2O2S. The van der Waals surface area contributed by atoms with Crippen molar-refractivity contribution in [2.75, 3.05) is 10.6 Å². The summed E-state index contributed by atoms with van der Waals surface area (Å²) in [6, 6.07) is 28.5. The van der Waals surface area contributed by atoms with Crippen LogP contribution in [0.4, 0.5) is 15.8 Å². The average molecular weight is 549 g/mol. The molecule has 4 rings (SSSR count). The maximum atomic E-state index is 14.4. The fraction of sp³-hybridized carbons (Fsp3) is 0.0714. The average Bonchev–Trinajstić information content (AvgIpc) is 2.85. The molecule has 0 fully saturated rings. The number of carbonyl (C=O) groups is 2. The van der Waals surface area contributed by atoms with E-state index in [-0.39, 0.29) is 17.5 Å². The van der Waals surface area contributed by atoms with Gasteiger partial charge in [-0.3, -0.25) is 9.59 Å². The second-order valence-corrected chi connectivity index (χ2v) is 9.97. The molecule has 4 aromatic rings. The third-order valence-electron chi connectivity index (χ3n) is 5.16. The number of anilines is 2. The van der Waals surface area contributed by atoms with Gasteiger partial charge in [-0.2, -0.15) is 0 Å². The van der Waals surface area contributed by atoms with Crippen molar-refractivity contribution in [3.8, 4) is 0 Å². The number of carbonyl (C=O) groups excluding carboxylic acids is 2. The van der Waals surface area contributed by atoms with E-state index in [0.717, 1.165) is 16.0 Å². The molecule has 0 saturated heterocycles. The van der Waals surface area contributed by atoms with E-state index in [9.17, 15) is 14.0 Å². The Balaban J connectivity index is 1.55. The first-order valence-electron chi connectivity index (χ1n) is 10.8. The van der Waals surface area contributed by atoms with Crippen LogP contribution < -0.4 is 10.6 Å². The molecule has 0 bridgehead atoms. The third-order valence-corrected chi connectivity index (χ3v) is 6.90.